The van der Waals surface area contributed by atoms with E-state index in [0.29, 0.717) is 31.3 Å². The number of amides is 1. The molecule has 4 rings (SSSR count). The van der Waals surface area contributed by atoms with Crippen LogP contribution in [-0.2, 0) is 11.3 Å². The number of piperidine rings is 1. The van der Waals surface area contributed by atoms with E-state index in [9.17, 15) is 4.79 Å². The van der Waals surface area contributed by atoms with Crippen molar-refractivity contribution in [1.29, 1.82) is 0 Å². The predicted octanol–water partition coefficient (Wildman–Crippen LogP) is 4.11. The number of aromatic nitrogens is 2. The number of rotatable bonds is 9. The number of nitrogens with zero attached hydrogens (tertiary/aromatic N) is 4. The number of methoxy groups -OCH3 is 1. The molecule has 0 aromatic carbocycles. The van der Waals surface area contributed by atoms with Crippen molar-refractivity contribution in [3.63, 3.8) is 0 Å². The highest BCUT2D eigenvalue weighted by molar-refractivity contribution is 6.76. The van der Waals surface area contributed by atoms with Crippen LogP contribution in [0.5, 0.6) is 11.6 Å². The van der Waals surface area contributed by atoms with Crippen molar-refractivity contribution >= 4 is 19.8 Å². The highest BCUT2D eigenvalue weighted by Crippen LogP contribution is 2.30. The highest BCUT2D eigenvalue weighted by atomic mass is 28.3. The van der Waals surface area contributed by atoms with Gasteiger partial charge in [0, 0.05) is 46.7 Å². The maximum atomic E-state index is 12.9. The molecule has 0 bridgehead atoms. The topological polar surface area (TPSA) is 77.0 Å². The summed E-state index contributed by atoms with van der Waals surface area (Å²) in [4.78, 5) is 26.1. The Balaban J connectivity index is 1.32. The molecule has 0 N–H and O–H groups in total. The van der Waals surface area contributed by atoms with Crippen LogP contribution in [0.15, 0.2) is 24.4 Å². The van der Waals surface area contributed by atoms with E-state index in [4.69, 9.17) is 19.2 Å². The monoisotopic (exact) mass is 484 g/mol. The minimum atomic E-state index is -1.14. The summed E-state index contributed by atoms with van der Waals surface area (Å²) in [5.41, 5.74) is 2.59. The summed E-state index contributed by atoms with van der Waals surface area (Å²) in [7, 11) is 0.458. The van der Waals surface area contributed by atoms with E-state index >= 15 is 0 Å². The van der Waals surface area contributed by atoms with E-state index in [-0.39, 0.29) is 12.0 Å². The van der Waals surface area contributed by atoms with Crippen LogP contribution in [-0.4, -0.2) is 68.5 Å². The van der Waals surface area contributed by atoms with Crippen LogP contribution in [0.3, 0.4) is 0 Å². The fraction of sp³-hybridized carbons (Fsp3) is 0.560. The molecule has 0 spiro atoms. The van der Waals surface area contributed by atoms with Gasteiger partial charge in [-0.1, -0.05) is 19.6 Å². The van der Waals surface area contributed by atoms with Gasteiger partial charge in [-0.2, -0.15) is 0 Å². The number of aryl methyl sites for hydroxylation is 1. The smallest absolute Gasteiger partial charge is 0.257 e. The molecule has 0 saturated carbocycles. The Hall–Kier alpha value is -2.65. The molecule has 1 amide bonds. The molecule has 0 radical (unpaired) electrons. The van der Waals surface area contributed by atoms with Crippen LogP contribution in [0.2, 0.25) is 25.7 Å². The number of anilines is 1. The number of hydrogen-bond donors (Lipinski definition) is 0. The summed E-state index contributed by atoms with van der Waals surface area (Å²) in [5, 5.41) is 0. The second-order valence-corrected chi connectivity index (χ2v) is 15.9. The van der Waals surface area contributed by atoms with E-state index in [1.54, 1.807) is 18.2 Å². The van der Waals surface area contributed by atoms with Gasteiger partial charge in [-0.3, -0.25) is 4.79 Å². The van der Waals surface area contributed by atoms with E-state index < -0.39 is 8.07 Å². The van der Waals surface area contributed by atoms with Crippen molar-refractivity contribution in [2.75, 3.05) is 38.4 Å². The second kappa shape index (κ2) is 10.3. The average molecular weight is 485 g/mol. The summed E-state index contributed by atoms with van der Waals surface area (Å²) in [5.74, 6) is 2.33. The zero-order valence-electron chi connectivity index (χ0n) is 21.0. The molecule has 2 aliphatic heterocycles. The molecule has 34 heavy (non-hydrogen) atoms. The third-order valence-corrected chi connectivity index (χ3v) is 8.03. The first-order chi connectivity index (χ1) is 16.2. The Morgan fingerprint density at radius 3 is 2.59 bits per heavy atom. The van der Waals surface area contributed by atoms with Crippen molar-refractivity contribution in [3.8, 4) is 11.6 Å². The second-order valence-electron chi connectivity index (χ2n) is 10.3. The fourth-order valence-electron chi connectivity index (χ4n) is 4.28. The van der Waals surface area contributed by atoms with Gasteiger partial charge >= 0.3 is 0 Å². The molecule has 1 fully saturated rings. The summed E-state index contributed by atoms with van der Waals surface area (Å²) in [6.07, 6.45) is 3.65. The normalized spacial score (nSPS) is 16.7. The Morgan fingerprint density at radius 1 is 1.18 bits per heavy atom. The van der Waals surface area contributed by atoms with Gasteiger partial charge in [0.25, 0.3) is 5.91 Å². The predicted molar refractivity (Wildman–Crippen MR) is 134 cm³/mol. The van der Waals surface area contributed by atoms with Crippen LogP contribution < -0.4 is 14.4 Å². The molecule has 4 heterocycles. The van der Waals surface area contributed by atoms with Crippen molar-refractivity contribution in [2.24, 2.45) is 0 Å². The van der Waals surface area contributed by atoms with Gasteiger partial charge in [0.2, 0.25) is 5.88 Å². The highest BCUT2D eigenvalue weighted by Gasteiger charge is 2.31. The minimum Gasteiger partial charge on any atom is -0.489 e. The van der Waals surface area contributed by atoms with E-state index in [2.05, 4.69) is 29.5 Å². The lowest BCUT2D eigenvalue weighted by Gasteiger charge is -2.33. The zero-order chi connectivity index (χ0) is 24.3. The van der Waals surface area contributed by atoms with Gasteiger partial charge in [0.15, 0.2) is 0 Å². The summed E-state index contributed by atoms with van der Waals surface area (Å²) < 4.78 is 17.0. The molecule has 0 unspecified atom stereocenters. The summed E-state index contributed by atoms with van der Waals surface area (Å²) in [6.45, 7) is 12.3. The molecule has 1 saturated heterocycles. The molecule has 9 heteroatoms. The molecule has 0 aliphatic carbocycles. The lowest BCUT2D eigenvalue weighted by molar-refractivity contribution is 0.0295. The van der Waals surface area contributed by atoms with Gasteiger partial charge in [-0.25, -0.2) is 9.97 Å². The number of ether oxygens (including phenoxy) is 3. The van der Waals surface area contributed by atoms with Crippen molar-refractivity contribution in [1.82, 2.24) is 14.9 Å². The number of fused-ring (bicyclic) bond motifs is 1. The summed E-state index contributed by atoms with van der Waals surface area (Å²) in [6, 6.07) is 6.79. The van der Waals surface area contributed by atoms with E-state index in [0.717, 1.165) is 54.8 Å². The first kappa shape index (κ1) is 24.5. The SMILES string of the molecule is COc1ccc(OC2CCN(c3nc4c(cc3C)C(=O)N(COCC[Si](C)(C)C)C4)CC2)cn1. The maximum Gasteiger partial charge on any atom is 0.257 e. The van der Waals surface area contributed by atoms with Gasteiger partial charge in [0.1, 0.15) is 24.4 Å². The number of pyridine rings is 2. The van der Waals surface area contributed by atoms with Crippen molar-refractivity contribution in [2.45, 2.75) is 58.1 Å². The van der Waals surface area contributed by atoms with Crippen LogP contribution >= 0.6 is 0 Å². The largest absolute Gasteiger partial charge is 0.489 e. The third kappa shape index (κ3) is 5.88. The van der Waals surface area contributed by atoms with Crippen LogP contribution in [0, 0.1) is 6.92 Å². The Morgan fingerprint density at radius 2 is 1.94 bits per heavy atom. The Labute approximate surface area is 203 Å². The van der Waals surface area contributed by atoms with Crippen molar-refractivity contribution in [3.05, 3.63) is 41.2 Å². The third-order valence-electron chi connectivity index (χ3n) is 6.33. The Bertz CT molecular complexity index is 1000. The standard InChI is InChI=1S/C25H36N4O4Si/c1-18-14-21-22(16-29(25(21)30)17-32-12-13-34(3,4)5)27-24(18)28-10-8-19(9-11-28)33-20-6-7-23(31-2)26-15-20/h6-7,14-15,19H,8-13,16-17H2,1-5H3. The number of carbonyl (C=O) groups is 1. The number of carbonyl (C=O) groups excluding carboxylic acids is 1. The molecular formula is C25H36N4O4Si. The molecule has 0 atom stereocenters. The van der Waals surface area contributed by atoms with Gasteiger partial charge < -0.3 is 24.0 Å². The lowest BCUT2D eigenvalue weighted by Crippen LogP contribution is -2.39. The molecule has 2 aliphatic rings. The molecule has 2 aromatic rings. The first-order valence-corrected chi connectivity index (χ1v) is 15.7. The average Bonchev–Trinajstić information content (AvgIpc) is 3.11. The zero-order valence-corrected chi connectivity index (χ0v) is 22.0. The van der Waals surface area contributed by atoms with Gasteiger partial charge in [-0.15, -0.1) is 0 Å². The van der Waals surface area contributed by atoms with Crippen LogP contribution in [0.1, 0.15) is 34.5 Å². The molecular weight excluding hydrogens is 448 g/mol. The summed E-state index contributed by atoms with van der Waals surface area (Å²) >= 11 is 0. The minimum absolute atomic E-state index is 0.0189. The Kier molecular flexibility index (Phi) is 7.42. The van der Waals surface area contributed by atoms with Gasteiger partial charge in [-0.05, 0) is 30.7 Å². The molecule has 2 aromatic heterocycles. The quantitative estimate of drug-likeness (QED) is 0.392. The van der Waals surface area contributed by atoms with E-state index in [1.807, 2.05) is 25.1 Å². The van der Waals surface area contributed by atoms with Crippen LogP contribution in [0.25, 0.3) is 0 Å². The first-order valence-electron chi connectivity index (χ1n) is 12.0. The fourth-order valence-corrected chi connectivity index (χ4v) is 5.04. The maximum absolute atomic E-state index is 12.9. The van der Waals surface area contributed by atoms with Gasteiger partial charge in [0.05, 0.1) is 31.1 Å². The van der Waals surface area contributed by atoms with Crippen molar-refractivity contribution < 1.29 is 19.0 Å². The number of hydrogen-bond acceptors (Lipinski definition) is 7. The van der Waals surface area contributed by atoms with Crippen LogP contribution in [0.4, 0.5) is 5.82 Å². The van der Waals surface area contributed by atoms with E-state index in [1.165, 1.54) is 0 Å². The molecule has 8 nitrogen and oxygen atoms in total. The molecule has 184 valence electrons. The lowest BCUT2D eigenvalue weighted by atomic mass is 10.1.